The molecule has 0 saturated carbocycles. The number of aryl methyl sites for hydroxylation is 2. The number of fused-ring (bicyclic) bond motifs is 1. The van der Waals surface area contributed by atoms with E-state index >= 15 is 0 Å². The van der Waals surface area contributed by atoms with Gasteiger partial charge in [-0.25, -0.2) is 0 Å². The van der Waals surface area contributed by atoms with Gasteiger partial charge in [0.15, 0.2) is 5.78 Å². The molecule has 1 aliphatic heterocycles. The van der Waals surface area contributed by atoms with Crippen molar-refractivity contribution in [1.82, 2.24) is 5.32 Å². The van der Waals surface area contributed by atoms with Crippen LogP contribution in [0.2, 0.25) is 5.02 Å². The second-order valence-electron chi connectivity index (χ2n) is 8.59. The standard InChI is InChI=1S/C25H25ClN2O3/c1-14-2-3-16(12-22(14)26)11-18(27)6-4-15-5-7-19-17(10-15)13-21(24(19)30)20-8-9-23(29)28-25(20)31/h2-3,5,7,10,12,20-21,27H,4,6,8-9,11,13H2,1H3,(H,28,29,31). The third-order valence-corrected chi connectivity index (χ3v) is 6.76. The first-order valence-electron chi connectivity index (χ1n) is 10.6. The normalized spacial score (nSPS) is 20.5. The van der Waals surface area contributed by atoms with Crippen molar-refractivity contribution in [3.05, 3.63) is 69.2 Å². The fourth-order valence-corrected chi connectivity index (χ4v) is 4.74. The van der Waals surface area contributed by atoms with Gasteiger partial charge in [0.1, 0.15) is 0 Å². The Hall–Kier alpha value is -2.79. The summed E-state index contributed by atoms with van der Waals surface area (Å²) in [6.07, 6.45) is 3.19. The van der Waals surface area contributed by atoms with Gasteiger partial charge in [-0.1, -0.05) is 41.9 Å². The number of hydrogen-bond acceptors (Lipinski definition) is 4. The van der Waals surface area contributed by atoms with Crippen molar-refractivity contribution in [2.45, 2.75) is 45.4 Å². The van der Waals surface area contributed by atoms with E-state index in [1.807, 2.05) is 43.3 Å². The molecule has 2 aliphatic rings. The number of amides is 2. The molecule has 2 aromatic carbocycles. The number of carbonyl (C=O) groups excluding carboxylic acids is 3. The van der Waals surface area contributed by atoms with Gasteiger partial charge in [0.2, 0.25) is 11.8 Å². The number of nitrogens with one attached hydrogen (secondary N) is 2. The van der Waals surface area contributed by atoms with E-state index in [2.05, 4.69) is 5.32 Å². The van der Waals surface area contributed by atoms with Crippen LogP contribution in [0.25, 0.3) is 0 Å². The summed E-state index contributed by atoms with van der Waals surface area (Å²) >= 11 is 6.18. The number of imide groups is 1. The fraction of sp³-hybridized carbons (Fsp3) is 0.360. The zero-order valence-electron chi connectivity index (χ0n) is 17.5. The number of piperidine rings is 1. The smallest absolute Gasteiger partial charge is 0.230 e. The molecular weight excluding hydrogens is 412 g/mol. The number of benzene rings is 2. The number of rotatable bonds is 6. The molecule has 4 rings (SSSR count). The summed E-state index contributed by atoms with van der Waals surface area (Å²) in [5.74, 6) is -1.41. The number of Topliss-reactive ketones (excluding diaryl/α,β-unsaturated/α-hetero) is 1. The minimum absolute atomic E-state index is 0.0000387. The molecule has 160 valence electrons. The lowest BCUT2D eigenvalue weighted by Crippen LogP contribution is -2.44. The van der Waals surface area contributed by atoms with Crippen LogP contribution in [0, 0.1) is 24.2 Å². The summed E-state index contributed by atoms with van der Waals surface area (Å²) in [5.41, 5.74) is 5.43. The molecule has 1 saturated heterocycles. The Morgan fingerprint density at radius 1 is 1.10 bits per heavy atom. The van der Waals surface area contributed by atoms with Crippen LogP contribution in [-0.2, 0) is 28.9 Å². The summed E-state index contributed by atoms with van der Waals surface area (Å²) in [5, 5.41) is 11.4. The molecule has 2 N–H and O–H groups in total. The van der Waals surface area contributed by atoms with Gasteiger partial charge in [-0.2, -0.15) is 0 Å². The summed E-state index contributed by atoms with van der Waals surface area (Å²) in [4.78, 5) is 36.5. The molecule has 2 atom stereocenters. The lowest BCUT2D eigenvalue weighted by Gasteiger charge is -2.24. The Labute approximate surface area is 186 Å². The third kappa shape index (κ3) is 4.62. The molecule has 5 nitrogen and oxygen atoms in total. The van der Waals surface area contributed by atoms with Gasteiger partial charge in [-0.05, 0) is 60.9 Å². The van der Waals surface area contributed by atoms with Gasteiger partial charge in [-0.3, -0.25) is 19.7 Å². The first-order valence-corrected chi connectivity index (χ1v) is 11.0. The van der Waals surface area contributed by atoms with Crippen LogP contribution in [0.15, 0.2) is 36.4 Å². The fourth-order valence-electron chi connectivity index (χ4n) is 4.54. The molecular formula is C25H25ClN2O3. The van der Waals surface area contributed by atoms with E-state index in [1.165, 1.54) is 0 Å². The Morgan fingerprint density at radius 2 is 1.87 bits per heavy atom. The van der Waals surface area contributed by atoms with E-state index in [0.29, 0.717) is 37.0 Å². The number of halogens is 1. The van der Waals surface area contributed by atoms with E-state index in [-0.39, 0.29) is 29.9 Å². The molecule has 0 radical (unpaired) electrons. The predicted molar refractivity (Wildman–Crippen MR) is 120 cm³/mol. The maximum atomic E-state index is 12.8. The summed E-state index contributed by atoms with van der Waals surface area (Å²) in [6, 6.07) is 11.7. The summed E-state index contributed by atoms with van der Waals surface area (Å²) in [6.45, 7) is 1.96. The van der Waals surface area contributed by atoms with Crippen molar-refractivity contribution in [3.63, 3.8) is 0 Å². The Balaban J connectivity index is 1.38. The second kappa shape index (κ2) is 8.75. The van der Waals surface area contributed by atoms with Crippen molar-refractivity contribution in [2.75, 3.05) is 0 Å². The van der Waals surface area contributed by atoms with Gasteiger partial charge in [0.25, 0.3) is 0 Å². The highest BCUT2D eigenvalue weighted by molar-refractivity contribution is 6.31. The molecule has 1 heterocycles. The van der Waals surface area contributed by atoms with E-state index in [4.69, 9.17) is 17.0 Å². The SMILES string of the molecule is Cc1ccc(CC(=N)CCc2ccc3c(c2)CC(C2CCC(=O)NC2=O)C3=O)cc1Cl. The van der Waals surface area contributed by atoms with Gasteiger partial charge in [-0.15, -0.1) is 0 Å². The average Bonchev–Trinajstić information content (AvgIpc) is 3.05. The molecule has 2 amide bonds. The Bertz CT molecular complexity index is 1090. The van der Waals surface area contributed by atoms with Crippen LogP contribution in [-0.4, -0.2) is 23.3 Å². The molecule has 1 aliphatic carbocycles. The van der Waals surface area contributed by atoms with Crippen molar-refractivity contribution >= 4 is 34.9 Å². The zero-order chi connectivity index (χ0) is 22.1. The monoisotopic (exact) mass is 436 g/mol. The number of hydrogen-bond donors (Lipinski definition) is 2. The van der Waals surface area contributed by atoms with Crippen LogP contribution in [0.5, 0.6) is 0 Å². The van der Waals surface area contributed by atoms with Crippen LogP contribution in [0.3, 0.4) is 0 Å². The maximum absolute atomic E-state index is 12.8. The van der Waals surface area contributed by atoms with Crippen molar-refractivity contribution in [1.29, 1.82) is 5.41 Å². The first-order chi connectivity index (χ1) is 14.8. The van der Waals surface area contributed by atoms with Gasteiger partial charge in [0.05, 0.1) is 0 Å². The van der Waals surface area contributed by atoms with Gasteiger partial charge < -0.3 is 5.41 Å². The third-order valence-electron chi connectivity index (χ3n) is 6.35. The van der Waals surface area contributed by atoms with Crippen molar-refractivity contribution in [3.8, 4) is 0 Å². The quantitative estimate of drug-likeness (QED) is 0.524. The van der Waals surface area contributed by atoms with Crippen molar-refractivity contribution in [2.24, 2.45) is 11.8 Å². The first kappa shape index (κ1) is 21.4. The highest BCUT2D eigenvalue weighted by Gasteiger charge is 2.41. The predicted octanol–water partition coefficient (Wildman–Crippen LogP) is 4.25. The molecule has 6 heteroatoms. The second-order valence-corrected chi connectivity index (χ2v) is 9.00. The molecule has 0 aromatic heterocycles. The van der Waals surface area contributed by atoms with Crippen LogP contribution >= 0.6 is 11.6 Å². The zero-order valence-corrected chi connectivity index (χ0v) is 18.2. The number of ketones is 1. The van der Waals surface area contributed by atoms with Crippen LogP contribution < -0.4 is 5.32 Å². The molecule has 0 bridgehead atoms. The summed E-state index contributed by atoms with van der Waals surface area (Å²) < 4.78 is 0. The van der Waals surface area contributed by atoms with Crippen molar-refractivity contribution < 1.29 is 14.4 Å². The molecule has 31 heavy (non-hydrogen) atoms. The Morgan fingerprint density at radius 3 is 2.61 bits per heavy atom. The lowest BCUT2D eigenvalue weighted by molar-refractivity contribution is -0.137. The Kier molecular flexibility index (Phi) is 6.05. The highest BCUT2D eigenvalue weighted by Crippen LogP contribution is 2.35. The molecule has 2 aromatic rings. The molecule has 2 unspecified atom stereocenters. The van der Waals surface area contributed by atoms with Gasteiger partial charge >= 0.3 is 0 Å². The minimum atomic E-state index is -0.435. The molecule has 1 fully saturated rings. The molecule has 0 spiro atoms. The van der Waals surface area contributed by atoms with Crippen LogP contribution in [0.4, 0.5) is 0 Å². The number of carbonyl (C=O) groups is 3. The average molecular weight is 437 g/mol. The van der Waals surface area contributed by atoms with E-state index in [1.54, 1.807) is 0 Å². The summed E-state index contributed by atoms with van der Waals surface area (Å²) in [7, 11) is 0. The van der Waals surface area contributed by atoms with Crippen LogP contribution in [0.1, 0.15) is 51.9 Å². The topological polar surface area (TPSA) is 87.1 Å². The lowest BCUT2D eigenvalue weighted by atomic mass is 9.83. The largest absolute Gasteiger partial charge is 0.309 e. The van der Waals surface area contributed by atoms with E-state index in [0.717, 1.165) is 33.7 Å². The van der Waals surface area contributed by atoms with Gasteiger partial charge in [0, 0.05) is 41.0 Å². The highest BCUT2D eigenvalue weighted by atomic mass is 35.5. The van der Waals surface area contributed by atoms with E-state index in [9.17, 15) is 14.4 Å². The van der Waals surface area contributed by atoms with E-state index < -0.39 is 5.92 Å². The maximum Gasteiger partial charge on any atom is 0.230 e. The minimum Gasteiger partial charge on any atom is -0.309 e.